The minimum Gasteiger partial charge on any atom is -0.347 e. The van der Waals surface area contributed by atoms with Crippen LogP contribution >= 0.6 is 11.6 Å². The van der Waals surface area contributed by atoms with Crippen molar-refractivity contribution in [3.05, 3.63) is 65.3 Å². The number of hydrogen-bond donors (Lipinski definition) is 1. The molecule has 0 atom stereocenters. The molecule has 0 bridgehead atoms. The molecule has 6 heteroatoms. The lowest BCUT2D eigenvalue weighted by Crippen LogP contribution is -2.25. The summed E-state index contributed by atoms with van der Waals surface area (Å²) in [5, 5.41) is 1.43. The number of rotatable bonds is 6. The molecule has 2 aromatic carbocycles. The topological polar surface area (TPSA) is 51.1 Å². The normalized spacial score (nSPS) is 11.9. The summed E-state index contributed by atoms with van der Waals surface area (Å²) in [6.45, 7) is 2.98. The lowest BCUT2D eigenvalue weighted by Gasteiger charge is -2.10. The molecular formula is C18H19ClN2O2S. The van der Waals surface area contributed by atoms with Gasteiger partial charge in [0.25, 0.3) is 0 Å². The molecule has 3 aromatic rings. The van der Waals surface area contributed by atoms with Crippen LogP contribution in [0.5, 0.6) is 0 Å². The Hall–Kier alpha value is -1.82. The van der Waals surface area contributed by atoms with Crippen LogP contribution in [0.4, 0.5) is 0 Å². The van der Waals surface area contributed by atoms with Crippen LogP contribution in [0.1, 0.15) is 12.0 Å². The van der Waals surface area contributed by atoms with Crippen molar-refractivity contribution in [2.24, 2.45) is 0 Å². The fraction of sp³-hybridized carbons (Fsp3) is 0.222. The molecule has 0 unspecified atom stereocenters. The van der Waals surface area contributed by atoms with E-state index >= 15 is 0 Å². The van der Waals surface area contributed by atoms with Crippen molar-refractivity contribution in [1.29, 1.82) is 0 Å². The fourth-order valence-corrected chi connectivity index (χ4v) is 4.36. The lowest BCUT2D eigenvalue weighted by molar-refractivity contribution is 0.572. The lowest BCUT2D eigenvalue weighted by atomic mass is 10.2. The van der Waals surface area contributed by atoms with Gasteiger partial charge in [0.2, 0.25) is 10.0 Å². The summed E-state index contributed by atoms with van der Waals surface area (Å²) in [4.78, 5) is 0.126. The van der Waals surface area contributed by atoms with Gasteiger partial charge < -0.3 is 4.57 Å². The third kappa shape index (κ3) is 3.64. The van der Waals surface area contributed by atoms with Crippen LogP contribution in [-0.2, 0) is 16.6 Å². The number of sulfonamides is 1. The first-order valence-electron chi connectivity index (χ1n) is 7.77. The average molecular weight is 363 g/mol. The van der Waals surface area contributed by atoms with E-state index in [0.29, 0.717) is 13.0 Å². The molecule has 126 valence electrons. The van der Waals surface area contributed by atoms with Crippen molar-refractivity contribution in [3.63, 3.8) is 0 Å². The number of aryl methyl sites for hydroxylation is 2. The molecule has 1 N–H and O–H groups in total. The van der Waals surface area contributed by atoms with Gasteiger partial charge >= 0.3 is 0 Å². The van der Waals surface area contributed by atoms with Crippen LogP contribution in [0.15, 0.2) is 59.6 Å². The minimum atomic E-state index is -3.58. The third-order valence-corrected chi connectivity index (χ3v) is 5.87. The summed E-state index contributed by atoms with van der Waals surface area (Å²) >= 11 is 6.05. The number of aromatic nitrogens is 1. The van der Waals surface area contributed by atoms with E-state index in [1.54, 1.807) is 18.2 Å². The van der Waals surface area contributed by atoms with Crippen molar-refractivity contribution in [3.8, 4) is 0 Å². The van der Waals surface area contributed by atoms with Gasteiger partial charge in [0, 0.05) is 24.8 Å². The fourth-order valence-electron chi connectivity index (χ4n) is 2.69. The number of nitrogens with zero attached hydrogens (tertiary/aromatic N) is 1. The predicted molar refractivity (Wildman–Crippen MR) is 97.9 cm³/mol. The Morgan fingerprint density at radius 3 is 2.71 bits per heavy atom. The molecule has 4 nitrogen and oxygen atoms in total. The van der Waals surface area contributed by atoms with Gasteiger partial charge in [-0.1, -0.05) is 35.9 Å². The number of halogens is 1. The largest absolute Gasteiger partial charge is 0.347 e. The Morgan fingerprint density at radius 2 is 1.92 bits per heavy atom. The molecule has 3 rings (SSSR count). The second-order valence-corrected chi connectivity index (χ2v) is 7.90. The van der Waals surface area contributed by atoms with E-state index in [1.165, 1.54) is 5.39 Å². The Kier molecular flexibility index (Phi) is 4.94. The van der Waals surface area contributed by atoms with Gasteiger partial charge in [-0.25, -0.2) is 13.1 Å². The highest BCUT2D eigenvalue weighted by molar-refractivity contribution is 7.89. The average Bonchev–Trinajstić information content (AvgIpc) is 2.94. The Balaban J connectivity index is 1.61. The molecular weight excluding hydrogens is 344 g/mol. The van der Waals surface area contributed by atoms with Crippen molar-refractivity contribution in [1.82, 2.24) is 9.29 Å². The zero-order chi connectivity index (χ0) is 17.2. The molecule has 1 heterocycles. The summed E-state index contributed by atoms with van der Waals surface area (Å²) in [6, 6.07) is 15.1. The monoisotopic (exact) mass is 362 g/mol. The standard InChI is InChI=1S/C18H19ClN2O2S/c1-14-7-8-18(16(19)13-14)24(22,23)20-10-4-11-21-12-9-15-5-2-3-6-17(15)21/h2-3,5-9,12-13,20H,4,10-11H2,1H3. The highest BCUT2D eigenvalue weighted by atomic mass is 35.5. The van der Waals surface area contributed by atoms with Gasteiger partial charge in [0.1, 0.15) is 4.90 Å². The maximum atomic E-state index is 12.3. The van der Waals surface area contributed by atoms with E-state index in [0.717, 1.165) is 17.6 Å². The number of fused-ring (bicyclic) bond motifs is 1. The van der Waals surface area contributed by atoms with E-state index in [2.05, 4.69) is 27.5 Å². The minimum absolute atomic E-state index is 0.126. The number of hydrogen-bond acceptors (Lipinski definition) is 2. The van der Waals surface area contributed by atoms with Crippen molar-refractivity contribution in [2.75, 3.05) is 6.54 Å². The molecule has 0 aliphatic carbocycles. The highest BCUT2D eigenvalue weighted by Gasteiger charge is 2.17. The van der Waals surface area contributed by atoms with Crippen LogP contribution in [0.25, 0.3) is 10.9 Å². The van der Waals surface area contributed by atoms with Crippen LogP contribution in [0.2, 0.25) is 5.02 Å². The smallest absolute Gasteiger partial charge is 0.242 e. The van der Waals surface area contributed by atoms with Gasteiger partial charge in [0.15, 0.2) is 0 Å². The predicted octanol–water partition coefficient (Wildman–Crippen LogP) is 3.97. The molecule has 0 saturated carbocycles. The molecule has 0 radical (unpaired) electrons. The van der Waals surface area contributed by atoms with Crippen LogP contribution in [-0.4, -0.2) is 19.5 Å². The molecule has 1 aromatic heterocycles. The first kappa shape index (κ1) is 17.0. The Labute approximate surface area is 147 Å². The van der Waals surface area contributed by atoms with E-state index < -0.39 is 10.0 Å². The van der Waals surface area contributed by atoms with Gasteiger partial charge in [0.05, 0.1) is 5.02 Å². The number of nitrogens with one attached hydrogen (secondary N) is 1. The SMILES string of the molecule is Cc1ccc(S(=O)(=O)NCCCn2ccc3ccccc32)c(Cl)c1. The van der Waals surface area contributed by atoms with Crippen LogP contribution < -0.4 is 4.72 Å². The van der Waals surface area contributed by atoms with Crippen molar-refractivity contribution in [2.45, 2.75) is 24.8 Å². The summed E-state index contributed by atoms with van der Waals surface area (Å²) in [6.07, 6.45) is 2.72. The highest BCUT2D eigenvalue weighted by Crippen LogP contribution is 2.22. The van der Waals surface area contributed by atoms with Crippen molar-refractivity contribution >= 4 is 32.5 Å². The summed E-state index contributed by atoms with van der Waals surface area (Å²) < 4.78 is 29.4. The Bertz CT molecular complexity index is 964. The van der Waals surface area contributed by atoms with E-state index in [1.807, 2.05) is 25.3 Å². The first-order valence-corrected chi connectivity index (χ1v) is 9.63. The van der Waals surface area contributed by atoms with Crippen LogP contribution in [0.3, 0.4) is 0 Å². The molecule has 0 saturated heterocycles. The quantitative estimate of drug-likeness (QED) is 0.674. The first-order chi connectivity index (χ1) is 11.5. The van der Waals surface area contributed by atoms with Crippen LogP contribution in [0, 0.1) is 6.92 Å². The maximum absolute atomic E-state index is 12.3. The van der Waals surface area contributed by atoms with Crippen molar-refractivity contribution < 1.29 is 8.42 Å². The van der Waals surface area contributed by atoms with Gasteiger partial charge in [-0.2, -0.15) is 0 Å². The van der Waals surface area contributed by atoms with E-state index in [9.17, 15) is 8.42 Å². The zero-order valence-corrected chi connectivity index (χ0v) is 14.9. The molecule has 0 aliphatic rings. The van der Waals surface area contributed by atoms with E-state index in [4.69, 9.17) is 11.6 Å². The van der Waals surface area contributed by atoms with Gasteiger partial charge in [-0.3, -0.25) is 0 Å². The van der Waals surface area contributed by atoms with E-state index in [-0.39, 0.29) is 9.92 Å². The molecule has 0 aliphatic heterocycles. The maximum Gasteiger partial charge on any atom is 0.242 e. The number of benzene rings is 2. The van der Waals surface area contributed by atoms with Gasteiger partial charge in [-0.15, -0.1) is 0 Å². The Morgan fingerprint density at radius 1 is 1.12 bits per heavy atom. The summed E-state index contributed by atoms with van der Waals surface area (Å²) in [7, 11) is -3.58. The summed E-state index contributed by atoms with van der Waals surface area (Å²) in [5.41, 5.74) is 2.08. The summed E-state index contributed by atoms with van der Waals surface area (Å²) in [5.74, 6) is 0. The zero-order valence-electron chi connectivity index (χ0n) is 13.4. The molecule has 24 heavy (non-hydrogen) atoms. The molecule has 0 spiro atoms. The second-order valence-electron chi connectivity index (χ2n) is 5.75. The third-order valence-electron chi connectivity index (χ3n) is 3.92. The molecule has 0 fully saturated rings. The second kappa shape index (κ2) is 6.97. The van der Waals surface area contributed by atoms with Gasteiger partial charge in [-0.05, 0) is 48.6 Å². The number of para-hydroxylation sites is 1. The molecule has 0 amide bonds.